The summed E-state index contributed by atoms with van der Waals surface area (Å²) in [6.07, 6.45) is -4.17. The van der Waals surface area contributed by atoms with E-state index in [9.17, 15) is 27.9 Å². The van der Waals surface area contributed by atoms with E-state index in [2.05, 4.69) is 0 Å². The van der Waals surface area contributed by atoms with E-state index in [1.807, 2.05) is 4.98 Å². The third-order valence-electron chi connectivity index (χ3n) is 1.47. The van der Waals surface area contributed by atoms with E-state index < -0.39 is 28.8 Å². The number of H-pyrrole nitrogens is 1. The average Bonchev–Trinajstić information content (AvgIpc) is 2.01. The molecule has 0 saturated heterocycles. The standard InChI is InChI=1S/C7H4F3NO3/c8-7(9,10)3-1-2-11-5(12)4(3)6(13)14/h1-2H,(H,11,12)(H,13,14)/p-1. The van der Waals surface area contributed by atoms with Gasteiger partial charge in [0.1, 0.15) is 0 Å². The van der Waals surface area contributed by atoms with Crippen LogP contribution in [0.1, 0.15) is 15.9 Å². The van der Waals surface area contributed by atoms with Gasteiger partial charge in [0, 0.05) is 6.20 Å². The minimum absolute atomic E-state index is 0.465. The van der Waals surface area contributed by atoms with E-state index in [0.29, 0.717) is 6.07 Å². The molecule has 76 valence electrons. The fourth-order valence-corrected chi connectivity index (χ4v) is 0.917. The van der Waals surface area contributed by atoms with Crippen molar-refractivity contribution in [3.63, 3.8) is 0 Å². The van der Waals surface area contributed by atoms with Crippen molar-refractivity contribution in [3.8, 4) is 0 Å². The van der Waals surface area contributed by atoms with Crippen molar-refractivity contribution in [1.29, 1.82) is 0 Å². The molecule has 1 heterocycles. The Hall–Kier alpha value is -1.79. The topological polar surface area (TPSA) is 73.0 Å². The lowest BCUT2D eigenvalue weighted by molar-refractivity contribution is -0.256. The summed E-state index contributed by atoms with van der Waals surface area (Å²) >= 11 is 0. The second-order valence-electron chi connectivity index (χ2n) is 2.38. The number of carbonyl (C=O) groups excluding carboxylic acids is 1. The van der Waals surface area contributed by atoms with Crippen molar-refractivity contribution in [3.05, 3.63) is 33.7 Å². The van der Waals surface area contributed by atoms with Crippen molar-refractivity contribution in [2.24, 2.45) is 0 Å². The lowest BCUT2D eigenvalue weighted by Gasteiger charge is -2.11. The number of hydrogen-bond acceptors (Lipinski definition) is 3. The zero-order chi connectivity index (χ0) is 10.9. The predicted octanol–water partition coefficient (Wildman–Crippen LogP) is -0.243. The Labute approximate surface area is 75.0 Å². The molecule has 4 nitrogen and oxygen atoms in total. The lowest BCUT2D eigenvalue weighted by atomic mass is 10.1. The SMILES string of the molecule is O=C([O-])c1c(C(F)(F)F)cc[nH]c1=O. The zero-order valence-electron chi connectivity index (χ0n) is 6.51. The molecule has 0 aliphatic heterocycles. The molecular formula is C7H3F3NO3-. The second kappa shape index (κ2) is 3.17. The molecular weight excluding hydrogens is 203 g/mol. The van der Waals surface area contributed by atoms with Crippen LogP contribution in [0.5, 0.6) is 0 Å². The van der Waals surface area contributed by atoms with Gasteiger partial charge in [0.25, 0.3) is 5.56 Å². The van der Waals surface area contributed by atoms with Crippen LogP contribution in [-0.4, -0.2) is 11.0 Å². The number of carbonyl (C=O) groups is 1. The number of halogens is 3. The zero-order valence-corrected chi connectivity index (χ0v) is 6.51. The van der Waals surface area contributed by atoms with Crippen LogP contribution in [-0.2, 0) is 6.18 Å². The van der Waals surface area contributed by atoms with E-state index >= 15 is 0 Å². The third kappa shape index (κ3) is 1.76. The minimum Gasteiger partial charge on any atom is -0.545 e. The molecule has 1 aromatic rings. The summed E-state index contributed by atoms with van der Waals surface area (Å²) in [5.41, 5.74) is -4.25. The Morgan fingerprint density at radius 1 is 1.43 bits per heavy atom. The summed E-state index contributed by atoms with van der Waals surface area (Å²) in [5.74, 6) is -2.15. The molecule has 0 spiro atoms. The number of rotatable bonds is 1. The number of carboxylic acid groups (broad SMARTS) is 1. The van der Waals surface area contributed by atoms with Crippen LogP contribution in [0, 0.1) is 0 Å². The van der Waals surface area contributed by atoms with Gasteiger partial charge in [-0.05, 0) is 6.07 Å². The van der Waals surface area contributed by atoms with Crippen molar-refractivity contribution in [1.82, 2.24) is 4.98 Å². The van der Waals surface area contributed by atoms with Gasteiger partial charge < -0.3 is 14.9 Å². The maximum absolute atomic E-state index is 12.1. The normalized spacial score (nSPS) is 11.4. The van der Waals surface area contributed by atoms with Gasteiger partial charge in [-0.2, -0.15) is 13.2 Å². The van der Waals surface area contributed by atoms with Gasteiger partial charge in [-0.1, -0.05) is 0 Å². The molecule has 0 bridgehead atoms. The Morgan fingerprint density at radius 3 is 2.36 bits per heavy atom. The number of alkyl halides is 3. The molecule has 0 aliphatic carbocycles. The molecule has 0 aliphatic rings. The van der Waals surface area contributed by atoms with Crippen LogP contribution in [0.4, 0.5) is 13.2 Å². The van der Waals surface area contributed by atoms with E-state index in [1.54, 1.807) is 0 Å². The summed E-state index contributed by atoms with van der Waals surface area (Å²) in [6, 6.07) is 0.465. The monoisotopic (exact) mass is 206 g/mol. The molecule has 0 fully saturated rings. The number of aromatic nitrogens is 1. The quantitative estimate of drug-likeness (QED) is 0.688. The fraction of sp³-hybridized carbons (Fsp3) is 0.143. The summed E-state index contributed by atoms with van der Waals surface area (Å²) in [5, 5.41) is 10.3. The highest BCUT2D eigenvalue weighted by molar-refractivity contribution is 5.87. The van der Waals surface area contributed by atoms with Gasteiger partial charge in [0.05, 0.1) is 17.1 Å². The van der Waals surface area contributed by atoms with Crippen LogP contribution < -0.4 is 10.7 Å². The van der Waals surface area contributed by atoms with Crippen LogP contribution in [0.15, 0.2) is 17.1 Å². The first-order chi connectivity index (χ1) is 6.34. The van der Waals surface area contributed by atoms with E-state index in [0.717, 1.165) is 6.20 Å². The number of aromatic carboxylic acids is 1. The first-order valence-corrected chi connectivity index (χ1v) is 3.34. The van der Waals surface area contributed by atoms with Crippen molar-refractivity contribution in [2.45, 2.75) is 6.18 Å². The molecule has 1 N–H and O–H groups in total. The number of nitrogens with one attached hydrogen (secondary N) is 1. The Balaban J connectivity index is 3.52. The van der Waals surface area contributed by atoms with Gasteiger partial charge in [-0.3, -0.25) is 4.79 Å². The summed E-state index contributed by atoms with van der Waals surface area (Å²) in [7, 11) is 0. The highest BCUT2D eigenvalue weighted by Gasteiger charge is 2.34. The summed E-state index contributed by atoms with van der Waals surface area (Å²) in [6.45, 7) is 0. The van der Waals surface area contributed by atoms with E-state index in [4.69, 9.17) is 0 Å². The molecule has 0 radical (unpaired) electrons. The number of carboxylic acids is 1. The fourth-order valence-electron chi connectivity index (χ4n) is 0.917. The van der Waals surface area contributed by atoms with Gasteiger partial charge >= 0.3 is 6.18 Å². The van der Waals surface area contributed by atoms with Crippen molar-refractivity contribution >= 4 is 5.97 Å². The molecule has 0 saturated carbocycles. The first kappa shape index (κ1) is 10.3. The number of pyridine rings is 1. The second-order valence-corrected chi connectivity index (χ2v) is 2.38. The van der Waals surface area contributed by atoms with Crippen LogP contribution in [0.2, 0.25) is 0 Å². The predicted molar refractivity (Wildman–Crippen MR) is 36.4 cm³/mol. The molecule has 0 amide bonds. The average molecular weight is 206 g/mol. The van der Waals surface area contributed by atoms with Crippen LogP contribution >= 0.6 is 0 Å². The molecule has 0 aromatic carbocycles. The highest BCUT2D eigenvalue weighted by atomic mass is 19.4. The van der Waals surface area contributed by atoms with Crippen LogP contribution in [0.3, 0.4) is 0 Å². The van der Waals surface area contributed by atoms with Gasteiger partial charge in [-0.25, -0.2) is 0 Å². The molecule has 7 heteroatoms. The number of hydrogen-bond donors (Lipinski definition) is 1. The third-order valence-corrected chi connectivity index (χ3v) is 1.47. The Kier molecular flexibility index (Phi) is 2.33. The largest absolute Gasteiger partial charge is 0.545 e. The molecule has 1 rings (SSSR count). The Bertz CT molecular complexity index is 421. The van der Waals surface area contributed by atoms with Gasteiger partial charge in [0.15, 0.2) is 0 Å². The highest BCUT2D eigenvalue weighted by Crippen LogP contribution is 2.29. The van der Waals surface area contributed by atoms with E-state index in [1.165, 1.54) is 0 Å². The number of aromatic amines is 1. The Morgan fingerprint density at radius 2 is 2.00 bits per heavy atom. The van der Waals surface area contributed by atoms with Crippen molar-refractivity contribution < 1.29 is 23.1 Å². The summed E-state index contributed by atoms with van der Waals surface area (Å²) in [4.78, 5) is 22.8. The molecule has 14 heavy (non-hydrogen) atoms. The van der Waals surface area contributed by atoms with E-state index in [-0.39, 0.29) is 0 Å². The summed E-state index contributed by atoms with van der Waals surface area (Å²) < 4.78 is 36.4. The van der Waals surface area contributed by atoms with Gasteiger partial charge in [-0.15, -0.1) is 0 Å². The molecule has 0 unspecified atom stereocenters. The first-order valence-electron chi connectivity index (χ1n) is 3.34. The minimum atomic E-state index is -4.89. The van der Waals surface area contributed by atoms with Crippen molar-refractivity contribution in [2.75, 3.05) is 0 Å². The molecule has 1 aromatic heterocycles. The maximum atomic E-state index is 12.1. The maximum Gasteiger partial charge on any atom is 0.417 e. The van der Waals surface area contributed by atoms with Gasteiger partial charge in [0.2, 0.25) is 0 Å². The molecule has 0 atom stereocenters. The smallest absolute Gasteiger partial charge is 0.417 e. The lowest BCUT2D eigenvalue weighted by Crippen LogP contribution is -2.33. The van der Waals surface area contributed by atoms with Crippen LogP contribution in [0.25, 0.3) is 0 Å².